The molecule has 1 aromatic carbocycles. The van der Waals surface area contributed by atoms with Crippen LogP contribution in [0.1, 0.15) is 26.8 Å². The topological polar surface area (TPSA) is 58.6 Å². The minimum atomic E-state index is -0.765. The molecule has 0 bridgehead atoms. The average Bonchev–Trinajstić information content (AvgIpc) is 3.08. The number of ether oxygens (including phenoxy) is 1. The lowest BCUT2D eigenvalue weighted by Crippen LogP contribution is -2.44. The Bertz CT molecular complexity index is 728. The second-order valence-electron chi connectivity index (χ2n) is 6.00. The molecular formula is C18H20N2O3S. The molecule has 2 atom stereocenters. The highest BCUT2D eigenvalue weighted by atomic mass is 32.1. The monoisotopic (exact) mass is 344 g/mol. The van der Waals surface area contributed by atoms with Crippen molar-refractivity contribution in [3.8, 4) is 0 Å². The first-order valence-electron chi connectivity index (χ1n) is 7.82. The summed E-state index contributed by atoms with van der Waals surface area (Å²) < 4.78 is 5.30. The van der Waals surface area contributed by atoms with E-state index >= 15 is 0 Å². The van der Waals surface area contributed by atoms with Gasteiger partial charge in [-0.1, -0.05) is 24.3 Å². The van der Waals surface area contributed by atoms with E-state index in [1.807, 2.05) is 37.7 Å². The zero-order valence-corrected chi connectivity index (χ0v) is 14.5. The molecule has 1 amide bonds. The van der Waals surface area contributed by atoms with Gasteiger partial charge in [0.15, 0.2) is 6.10 Å². The van der Waals surface area contributed by atoms with Gasteiger partial charge in [0.1, 0.15) is 0 Å². The lowest BCUT2D eigenvalue weighted by atomic mass is 9.98. The molecule has 6 heteroatoms. The number of thiophene rings is 1. The van der Waals surface area contributed by atoms with Crippen LogP contribution < -0.4 is 5.32 Å². The lowest BCUT2D eigenvalue weighted by molar-refractivity contribution is -0.130. The van der Waals surface area contributed by atoms with Gasteiger partial charge in [0, 0.05) is 17.8 Å². The first-order chi connectivity index (χ1) is 11.6. The van der Waals surface area contributed by atoms with Gasteiger partial charge in [0.05, 0.1) is 11.6 Å². The number of nitrogens with zero attached hydrogens (tertiary/aromatic N) is 1. The molecule has 1 aliphatic rings. The maximum Gasteiger partial charge on any atom is 0.339 e. The third-order valence-electron chi connectivity index (χ3n) is 4.15. The quantitative estimate of drug-likeness (QED) is 0.845. The summed E-state index contributed by atoms with van der Waals surface area (Å²) in [6.45, 7) is 0.474. The van der Waals surface area contributed by atoms with E-state index in [0.29, 0.717) is 18.5 Å². The summed E-state index contributed by atoms with van der Waals surface area (Å²) in [6, 6.07) is 11.4. The van der Waals surface area contributed by atoms with E-state index in [2.05, 4.69) is 16.3 Å². The third-order valence-corrected chi connectivity index (χ3v) is 5.12. The molecule has 1 aromatic heterocycles. The van der Waals surface area contributed by atoms with E-state index in [-0.39, 0.29) is 11.9 Å². The molecule has 5 nitrogen and oxygen atoms in total. The predicted molar refractivity (Wildman–Crippen MR) is 93.1 cm³/mol. The highest BCUT2D eigenvalue weighted by Gasteiger charge is 2.31. The van der Waals surface area contributed by atoms with Crippen LogP contribution in [-0.4, -0.2) is 43.5 Å². The van der Waals surface area contributed by atoms with Gasteiger partial charge in [0.2, 0.25) is 0 Å². The maximum absolute atomic E-state index is 12.4. The molecule has 1 N–H and O–H groups in total. The maximum atomic E-state index is 12.4. The fourth-order valence-corrected chi connectivity index (χ4v) is 3.73. The first-order valence-corrected chi connectivity index (χ1v) is 8.70. The van der Waals surface area contributed by atoms with Crippen LogP contribution in [0.3, 0.4) is 0 Å². The van der Waals surface area contributed by atoms with Gasteiger partial charge in [-0.15, -0.1) is 11.3 Å². The van der Waals surface area contributed by atoms with Crippen molar-refractivity contribution < 1.29 is 14.3 Å². The fraction of sp³-hybridized carbons (Fsp3) is 0.333. The Kier molecular flexibility index (Phi) is 4.97. The summed E-state index contributed by atoms with van der Waals surface area (Å²) in [7, 11) is 3.96. The standard InChI is InChI=1S/C18H20N2O3S/c1-20(2)14(16-8-5-9-24-16)11-19-17(21)15-10-12-6-3-4-7-13(12)18(22)23-15/h3-9,14-15H,10-11H2,1-2H3,(H,19,21)/t14-,15+/m0/s1. The smallest absolute Gasteiger partial charge is 0.339 e. The highest BCUT2D eigenvalue weighted by molar-refractivity contribution is 7.10. The fourth-order valence-electron chi connectivity index (χ4n) is 2.81. The molecular weight excluding hydrogens is 324 g/mol. The largest absolute Gasteiger partial charge is 0.448 e. The van der Waals surface area contributed by atoms with Crippen molar-refractivity contribution in [1.29, 1.82) is 0 Å². The van der Waals surface area contributed by atoms with E-state index in [0.717, 1.165) is 5.56 Å². The summed E-state index contributed by atoms with van der Waals surface area (Å²) in [6.07, 6.45) is -0.349. The SMILES string of the molecule is CN(C)[C@@H](CNC(=O)[C@H]1Cc2ccccc2C(=O)O1)c1cccs1. The molecule has 0 fully saturated rings. The van der Waals surface area contributed by atoms with Crippen LogP contribution in [-0.2, 0) is 16.0 Å². The second kappa shape index (κ2) is 7.15. The van der Waals surface area contributed by atoms with Crippen LogP contribution in [0.15, 0.2) is 41.8 Å². The molecule has 2 aromatic rings. The van der Waals surface area contributed by atoms with Crippen molar-refractivity contribution in [1.82, 2.24) is 10.2 Å². The number of carbonyl (C=O) groups excluding carboxylic acids is 2. The Balaban J connectivity index is 1.64. The highest BCUT2D eigenvalue weighted by Crippen LogP contribution is 2.23. The Labute approximate surface area is 145 Å². The Morgan fingerprint density at radius 3 is 2.83 bits per heavy atom. The Morgan fingerprint density at radius 1 is 1.33 bits per heavy atom. The summed E-state index contributed by atoms with van der Waals surface area (Å²) in [5.74, 6) is -0.680. The van der Waals surface area contributed by atoms with Crippen molar-refractivity contribution in [3.63, 3.8) is 0 Å². The number of nitrogens with one attached hydrogen (secondary N) is 1. The zero-order chi connectivity index (χ0) is 17.1. The van der Waals surface area contributed by atoms with Crippen molar-refractivity contribution in [2.24, 2.45) is 0 Å². The number of fused-ring (bicyclic) bond motifs is 1. The van der Waals surface area contributed by atoms with Crippen molar-refractivity contribution in [3.05, 3.63) is 57.8 Å². The van der Waals surface area contributed by atoms with Gasteiger partial charge in [-0.2, -0.15) is 0 Å². The minimum Gasteiger partial charge on any atom is -0.448 e. The first kappa shape index (κ1) is 16.7. The number of likely N-dealkylation sites (N-methyl/N-ethyl adjacent to an activating group) is 1. The number of carbonyl (C=O) groups is 2. The summed E-state index contributed by atoms with van der Waals surface area (Å²) in [4.78, 5) is 27.7. The number of hydrogen-bond acceptors (Lipinski definition) is 5. The molecule has 0 unspecified atom stereocenters. The molecule has 24 heavy (non-hydrogen) atoms. The van der Waals surface area contributed by atoms with Gasteiger partial charge < -0.3 is 15.0 Å². The summed E-state index contributed by atoms with van der Waals surface area (Å²) in [5.41, 5.74) is 1.41. The predicted octanol–water partition coefficient (Wildman–Crippen LogP) is 2.25. The molecule has 0 spiro atoms. The minimum absolute atomic E-state index is 0.0977. The van der Waals surface area contributed by atoms with Crippen LogP contribution in [0.5, 0.6) is 0 Å². The van der Waals surface area contributed by atoms with Gasteiger partial charge in [0.25, 0.3) is 5.91 Å². The van der Waals surface area contributed by atoms with Gasteiger partial charge >= 0.3 is 5.97 Å². The van der Waals surface area contributed by atoms with Crippen molar-refractivity contribution >= 4 is 23.2 Å². The number of rotatable bonds is 5. The number of hydrogen-bond donors (Lipinski definition) is 1. The molecule has 3 rings (SSSR count). The van der Waals surface area contributed by atoms with Gasteiger partial charge in [-0.3, -0.25) is 4.79 Å². The molecule has 126 valence electrons. The third kappa shape index (κ3) is 3.49. The van der Waals surface area contributed by atoms with Crippen LogP contribution in [0.2, 0.25) is 0 Å². The van der Waals surface area contributed by atoms with E-state index in [1.165, 1.54) is 4.88 Å². The number of cyclic esters (lactones) is 1. The molecule has 0 aliphatic carbocycles. The van der Waals surface area contributed by atoms with Crippen LogP contribution >= 0.6 is 11.3 Å². The number of benzene rings is 1. The number of amides is 1. The van der Waals surface area contributed by atoms with Crippen LogP contribution in [0.4, 0.5) is 0 Å². The van der Waals surface area contributed by atoms with E-state index in [1.54, 1.807) is 23.5 Å². The normalized spacial score (nSPS) is 18.0. The zero-order valence-electron chi connectivity index (χ0n) is 13.7. The average molecular weight is 344 g/mol. The van der Waals surface area contributed by atoms with E-state index in [9.17, 15) is 9.59 Å². The van der Waals surface area contributed by atoms with Gasteiger partial charge in [-0.25, -0.2) is 4.79 Å². The van der Waals surface area contributed by atoms with Crippen molar-refractivity contribution in [2.75, 3.05) is 20.6 Å². The second-order valence-corrected chi connectivity index (χ2v) is 6.97. The molecule has 0 saturated heterocycles. The van der Waals surface area contributed by atoms with E-state index < -0.39 is 12.1 Å². The molecule has 0 radical (unpaired) electrons. The van der Waals surface area contributed by atoms with Crippen LogP contribution in [0.25, 0.3) is 0 Å². The summed E-state index contributed by atoms with van der Waals surface area (Å²) >= 11 is 1.66. The number of esters is 1. The molecule has 0 saturated carbocycles. The van der Waals surface area contributed by atoms with Gasteiger partial charge in [-0.05, 0) is 37.2 Å². The molecule has 1 aliphatic heterocycles. The Morgan fingerprint density at radius 2 is 2.12 bits per heavy atom. The van der Waals surface area contributed by atoms with E-state index in [4.69, 9.17) is 4.74 Å². The lowest BCUT2D eigenvalue weighted by Gasteiger charge is -2.27. The Hall–Kier alpha value is -2.18. The van der Waals surface area contributed by atoms with Crippen LogP contribution in [0, 0.1) is 0 Å². The summed E-state index contributed by atoms with van der Waals surface area (Å²) in [5, 5.41) is 4.94. The molecule has 2 heterocycles. The van der Waals surface area contributed by atoms with Crippen molar-refractivity contribution in [2.45, 2.75) is 18.6 Å².